The number of nitriles is 1. The first-order chi connectivity index (χ1) is 14.4. The van der Waals surface area contributed by atoms with Crippen LogP contribution in [-0.2, 0) is 16.0 Å². The SMILES string of the molecule is N#CC(C(=O)CCCc1nc2ccccc2c(=O)[nH]1)C(=O)Nc1ccc(Cl)cc1Cl. The first-order valence-electron chi connectivity index (χ1n) is 9.05. The molecule has 2 aromatic carbocycles. The zero-order valence-corrected chi connectivity index (χ0v) is 17.1. The van der Waals surface area contributed by atoms with Crippen molar-refractivity contribution < 1.29 is 9.59 Å². The van der Waals surface area contributed by atoms with Gasteiger partial charge in [-0.3, -0.25) is 14.4 Å². The van der Waals surface area contributed by atoms with Crippen molar-refractivity contribution >= 4 is 51.5 Å². The van der Waals surface area contributed by atoms with Crippen LogP contribution < -0.4 is 10.9 Å². The lowest BCUT2D eigenvalue weighted by molar-refractivity contribution is -0.128. The number of Topliss-reactive ketones (excluding diaryl/α,β-unsaturated/α-hetero) is 1. The number of aryl methyl sites for hydroxylation is 1. The molecule has 0 saturated carbocycles. The van der Waals surface area contributed by atoms with Crippen molar-refractivity contribution in [2.75, 3.05) is 5.32 Å². The number of nitrogens with one attached hydrogen (secondary N) is 2. The van der Waals surface area contributed by atoms with E-state index in [1.54, 1.807) is 30.3 Å². The van der Waals surface area contributed by atoms with E-state index >= 15 is 0 Å². The van der Waals surface area contributed by atoms with Crippen LogP contribution in [-0.4, -0.2) is 21.7 Å². The van der Waals surface area contributed by atoms with E-state index in [-0.39, 0.29) is 22.7 Å². The van der Waals surface area contributed by atoms with Gasteiger partial charge in [0.25, 0.3) is 5.56 Å². The summed E-state index contributed by atoms with van der Waals surface area (Å²) in [4.78, 5) is 43.9. The van der Waals surface area contributed by atoms with E-state index in [4.69, 9.17) is 23.2 Å². The number of carbonyl (C=O) groups excluding carboxylic acids is 2. The molecule has 3 aromatic rings. The minimum Gasteiger partial charge on any atom is -0.323 e. The second-order valence-electron chi connectivity index (χ2n) is 6.53. The molecular formula is C21H16Cl2N4O3. The van der Waals surface area contributed by atoms with E-state index in [9.17, 15) is 19.6 Å². The van der Waals surface area contributed by atoms with Crippen LogP contribution >= 0.6 is 23.2 Å². The third-order valence-corrected chi connectivity index (χ3v) is 4.95. The summed E-state index contributed by atoms with van der Waals surface area (Å²) in [5, 5.41) is 12.8. The molecular weight excluding hydrogens is 427 g/mol. The first-order valence-corrected chi connectivity index (χ1v) is 9.81. The maximum atomic E-state index is 12.4. The maximum Gasteiger partial charge on any atom is 0.258 e. The van der Waals surface area contributed by atoms with Gasteiger partial charge in [-0.05, 0) is 36.8 Å². The average molecular weight is 443 g/mol. The Morgan fingerprint density at radius 3 is 2.70 bits per heavy atom. The van der Waals surface area contributed by atoms with Gasteiger partial charge in [-0.25, -0.2) is 4.98 Å². The Kier molecular flexibility index (Phi) is 6.83. The number of hydrogen-bond acceptors (Lipinski definition) is 5. The van der Waals surface area contributed by atoms with Gasteiger partial charge in [0.2, 0.25) is 5.91 Å². The zero-order chi connectivity index (χ0) is 21.7. The molecule has 0 radical (unpaired) electrons. The number of halogens is 2. The molecule has 0 saturated heterocycles. The monoisotopic (exact) mass is 442 g/mol. The largest absolute Gasteiger partial charge is 0.323 e. The Hall–Kier alpha value is -3.21. The third kappa shape index (κ3) is 5.03. The van der Waals surface area contributed by atoms with Crippen molar-refractivity contribution in [3.8, 4) is 6.07 Å². The van der Waals surface area contributed by atoms with E-state index < -0.39 is 17.6 Å². The fourth-order valence-corrected chi connectivity index (χ4v) is 3.36. The summed E-state index contributed by atoms with van der Waals surface area (Å²) < 4.78 is 0. The Morgan fingerprint density at radius 2 is 1.97 bits per heavy atom. The van der Waals surface area contributed by atoms with Crippen LogP contribution in [0.2, 0.25) is 10.0 Å². The lowest BCUT2D eigenvalue weighted by Crippen LogP contribution is -2.28. The lowest BCUT2D eigenvalue weighted by Gasteiger charge is -2.11. The van der Waals surface area contributed by atoms with E-state index in [1.165, 1.54) is 18.2 Å². The molecule has 1 amide bonds. The molecule has 152 valence electrons. The van der Waals surface area contributed by atoms with Gasteiger partial charge in [0.05, 0.1) is 27.7 Å². The van der Waals surface area contributed by atoms with Gasteiger partial charge in [0, 0.05) is 17.9 Å². The highest BCUT2D eigenvalue weighted by Crippen LogP contribution is 2.26. The molecule has 1 heterocycles. The molecule has 1 unspecified atom stereocenters. The Bertz CT molecular complexity index is 1220. The molecule has 3 rings (SSSR count). The van der Waals surface area contributed by atoms with Gasteiger partial charge in [-0.1, -0.05) is 35.3 Å². The summed E-state index contributed by atoms with van der Waals surface area (Å²) in [7, 11) is 0. The van der Waals surface area contributed by atoms with Crippen molar-refractivity contribution in [1.29, 1.82) is 5.26 Å². The van der Waals surface area contributed by atoms with E-state index in [2.05, 4.69) is 15.3 Å². The molecule has 0 aliphatic rings. The molecule has 7 nitrogen and oxygen atoms in total. The number of hydrogen-bond donors (Lipinski definition) is 2. The highest BCUT2D eigenvalue weighted by molar-refractivity contribution is 6.36. The van der Waals surface area contributed by atoms with Crippen molar-refractivity contribution in [3.05, 3.63) is 68.7 Å². The second-order valence-corrected chi connectivity index (χ2v) is 7.37. The molecule has 9 heteroatoms. The van der Waals surface area contributed by atoms with Crippen LogP contribution in [0.15, 0.2) is 47.3 Å². The molecule has 0 aliphatic carbocycles. The van der Waals surface area contributed by atoms with Gasteiger partial charge in [-0.15, -0.1) is 0 Å². The van der Waals surface area contributed by atoms with Crippen LogP contribution in [0.25, 0.3) is 10.9 Å². The quantitative estimate of drug-likeness (QED) is 0.538. The minimum atomic E-state index is -1.47. The number of benzene rings is 2. The molecule has 0 aliphatic heterocycles. The van der Waals surface area contributed by atoms with Crippen LogP contribution in [0.1, 0.15) is 18.7 Å². The van der Waals surface area contributed by atoms with Crippen molar-refractivity contribution in [3.63, 3.8) is 0 Å². The van der Waals surface area contributed by atoms with Crippen LogP contribution in [0, 0.1) is 17.2 Å². The molecule has 0 spiro atoms. The summed E-state index contributed by atoms with van der Waals surface area (Å²) in [6.07, 6.45) is 0.637. The van der Waals surface area contributed by atoms with Crippen molar-refractivity contribution in [2.24, 2.45) is 5.92 Å². The lowest BCUT2D eigenvalue weighted by atomic mass is 9.99. The number of aromatic amines is 1. The number of rotatable bonds is 7. The number of amides is 1. The van der Waals surface area contributed by atoms with Gasteiger partial charge < -0.3 is 10.3 Å². The molecule has 30 heavy (non-hydrogen) atoms. The topological polar surface area (TPSA) is 116 Å². The fraction of sp³-hybridized carbons (Fsp3) is 0.190. The Balaban J connectivity index is 1.61. The Morgan fingerprint density at radius 1 is 1.20 bits per heavy atom. The maximum absolute atomic E-state index is 12.4. The molecule has 0 bridgehead atoms. The first kappa shape index (κ1) is 21.5. The molecule has 1 aromatic heterocycles. The van der Waals surface area contributed by atoms with Crippen LogP contribution in [0.5, 0.6) is 0 Å². The highest BCUT2D eigenvalue weighted by atomic mass is 35.5. The van der Waals surface area contributed by atoms with E-state index in [0.717, 1.165) is 0 Å². The Labute approximate surface area is 181 Å². The number of aromatic nitrogens is 2. The van der Waals surface area contributed by atoms with Crippen molar-refractivity contribution in [2.45, 2.75) is 19.3 Å². The van der Waals surface area contributed by atoms with Gasteiger partial charge in [0.1, 0.15) is 5.82 Å². The van der Waals surface area contributed by atoms with E-state index in [1.807, 2.05) is 0 Å². The summed E-state index contributed by atoms with van der Waals surface area (Å²) in [5.41, 5.74) is 0.574. The number of carbonyl (C=O) groups is 2. The smallest absolute Gasteiger partial charge is 0.258 e. The fourth-order valence-electron chi connectivity index (χ4n) is 2.90. The predicted molar refractivity (Wildman–Crippen MR) is 115 cm³/mol. The average Bonchev–Trinajstić information content (AvgIpc) is 2.71. The van der Waals surface area contributed by atoms with Gasteiger partial charge in [-0.2, -0.15) is 5.26 Å². The van der Waals surface area contributed by atoms with Gasteiger partial charge in [0.15, 0.2) is 11.7 Å². The molecule has 2 N–H and O–H groups in total. The van der Waals surface area contributed by atoms with Crippen LogP contribution in [0.3, 0.4) is 0 Å². The molecule has 1 atom stereocenters. The normalized spacial score (nSPS) is 11.6. The summed E-state index contributed by atoms with van der Waals surface area (Å²) in [6.45, 7) is 0. The number of nitrogens with zero attached hydrogens (tertiary/aromatic N) is 2. The number of H-pyrrole nitrogens is 1. The second kappa shape index (κ2) is 9.53. The summed E-state index contributed by atoms with van der Waals surface area (Å²) >= 11 is 11.8. The predicted octanol–water partition coefficient (Wildman–Crippen LogP) is 3.90. The number of para-hydroxylation sites is 1. The minimum absolute atomic E-state index is 0.0173. The number of ketones is 1. The summed E-state index contributed by atoms with van der Waals surface area (Å²) in [6, 6.07) is 13.1. The number of anilines is 1. The van der Waals surface area contributed by atoms with Crippen molar-refractivity contribution in [1.82, 2.24) is 9.97 Å². The zero-order valence-electron chi connectivity index (χ0n) is 15.6. The third-order valence-electron chi connectivity index (χ3n) is 4.40. The van der Waals surface area contributed by atoms with Crippen LogP contribution in [0.4, 0.5) is 5.69 Å². The van der Waals surface area contributed by atoms with Gasteiger partial charge >= 0.3 is 0 Å². The standard InChI is InChI=1S/C21H16Cl2N4O3/c22-12-8-9-17(15(23)10-12)26-21(30)14(11-24)18(28)6-3-7-19-25-16-5-2-1-4-13(16)20(29)27-19/h1-2,4-5,8-10,14H,3,6-7H2,(H,26,30)(H,25,27,29). The summed E-state index contributed by atoms with van der Waals surface area (Å²) in [5.74, 6) is -2.31. The van der Waals surface area contributed by atoms with E-state index in [0.29, 0.717) is 34.6 Å². The highest BCUT2D eigenvalue weighted by Gasteiger charge is 2.26. The molecule has 0 fully saturated rings. The number of fused-ring (bicyclic) bond motifs is 1.